The molecule has 0 saturated heterocycles. The van der Waals surface area contributed by atoms with Crippen LogP contribution < -0.4 is 10.6 Å². The van der Waals surface area contributed by atoms with Gasteiger partial charge < -0.3 is 15.7 Å². The molecule has 0 aromatic carbocycles. The molecular weight excluding hydrogens is 308 g/mol. The molecule has 2 aliphatic carbocycles. The van der Waals surface area contributed by atoms with E-state index >= 15 is 0 Å². The summed E-state index contributed by atoms with van der Waals surface area (Å²) < 4.78 is 0. The van der Waals surface area contributed by atoms with E-state index in [2.05, 4.69) is 10.6 Å². The van der Waals surface area contributed by atoms with Crippen LogP contribution in [-0.4, -0.2) is 35.0 Å². The maximum absolute atomic E-state index is 12.6. The fraction of sp³-hybridized carbons (Fsp3) is 0.722. The molecule has 6 heteroatoms. The summed E-state index contributed by atoms with van der Waals surface area (Å²) in [5.41, 5.74) is -1.17. The average Bonchev–Trinajstić information content (AvgIpc) is 3.02. The van der Waals surface area contributed by atoms with Crippen molar-refractivity contribution in [2.45, 2.75) is 56.9 Å². The largest absolute Gasteiger partial charge is 0.479 e. The lowest BCUT2D eigenvalue weighted by Crippen LogP contribution is -2.49. The third kappa shape index (κ3) is 3.32. The van der Waals surface area contributed by atoms with Crippen LogP contribution in [0.5, 0.6) is 0 Å². The molecule has 2 fully saturated rings. The molecule has 0 aromatic rings. The Hall–Kier alpha value is -1.85. The second-order valence-electron chi connectivity index (χ2n) is 7.29. The van der Waals surface area contributed by atoms with Crippen LogP contribution in [0.25, 0.3) is 0 Å². The predicted octanol–water partition coefficient (Wildman–Crippen LogP) is 1.61. The lowest BCUT2D eigenvalue weighted by atomic mass is 9.93. The van der Waals surface area contributed by atoms with Crippen molar-refractivity contribution in [1.29, 1.82) is 0 Å². The first-order valence-corrected chi connectivity index (χ1v) is 9.04. The third-order valence-electron chi connectivity index (χ3n) is 5.65. The highest BCUT2D eigenvalue weighted by Gasteiger charge is 2.61. The smallest absolute Gasteiger partial charge is 0.330 e. The molecular formula is C18H26N2O4. The summed E-state index contributed by atoms with van der Waals surface area (Å²) in [6.45, 7) is 0.648. The van der Waals surface area contributed by atoms with Crippen LogP contribution in [0.2, 0.25) is 0 Å². The second-order valence-corrected chi connectivity index (χ2v) is 7.29. The maximum atomic E-state index is 12.6. The highest BCUT2D eigenvalue weighted by Crippen LogP contribution is 2.46. The van der Waals surface area contributed by atoms with Crippen molar-refractivity contribution < 1.29 is 19.5 Å². The SMILES string of the molecule is O=C1NCCCCC/C=C\[C@@H]2C[C@@]2(C(=O)O)NC(=O)[C@@H]2CCC[C@@H]12. The number of hydrogen-bond acceptors (Lipinski definition) is 3. The zero-order valence-electron chi connectivity index (χ0n) is 13.9. The Morgan fingerprint density at radius 2 is 1.83 bits per heavy atom. The van der Waals surface area contributed by atoms with Gasteiger partial charge in [0.1, 0.15) is 5.54 Å². The van der Waals surface area contributed by atoms with Crippen molar-refractivity contribution in [1.82, 2.24) is 10.6 Å². The van der Waals surface area contributed by atoms with Gasteiger partial charge in [-0.25, -0.2) is 4.79 Å². The Bertz CT molecular complexity index is 559. The molecule has 0 spiro atoms. The molecule has 2 amide bonds. The third-order valence-corrected chi connectivity index (χ3v) is 5.65. The van der Waals surface area contributed by atoms with Gasteiger partial charge in [-0.2, -0.15) is 0 Å². The van der Waals surface area contributed by atoms with Gasteiger partial charge in [-0.3, -0.25) is 9.59 Å². The summed E-state index contributed by atoms with van der Waals surface area (Å²) in [6.07, 6.45) is 10.5. The Morgan fingerprint density at radius 3 is 2.58 bits per heavy atom. The van der Waals surface area contributed by atoms with E-state index in [9.17, 15) is 19.5 Å². The van der Waals surface area contributed by atoms with E-state index in [-0.39, 0.29) is 23.7 Å². The summed E-state index contributed by atoms with van der Waals surface area (Å²) in [7, 11) is 0. The van der Waals surface area contributed by atoms with E-state index < -0.39 is 17.4 Å². The van der Waals surface area contributed by atoms with Crippen molar-refractivity contribution >= 4 is 17.8 Å². The number of fused-ring (bicyclic) bond motifs is 2. The molecule has 1 heterocycles. The van der Waals surface area contributed by atoms with E-state index in [4.69, 9.17) is 0 Å². The van der Waals surface area contributed by atoms with Crippen LogP contribution in [0.15, 0.2) is 12.2 Å². The van der Waals surface area contributed by atoms with Crippen molar-refractivity contribution in [2.24, 2.45) is 17.8 Å². The molecule has 1 aliphatic heterocycles. The summed E-state index contributed by atoms with van der Waals surface area (Å²) in [4.78, 5) is 36.7. The normalized spacial score (nSPS) is 38.6. The van der Waals surface area contributed by atoms with Crippen LogP contribution in [0.4, 0.5) is 0 Å². The first-order valence-electron chi connectivity index (χ1n) is 9.04. The first kappa shape index (κ1) is 17.0. The van der Waals surface area contributed by atoms with Gasteiger partial charge in [0.15, 0.2) is 0 Å². The molecule has 0 aromatic heterocycles. The molecule has 0 radical (unpaired) electrons. The van der Waals surface area contributed by atoms with Gasteiger partial charge in [-0.05, 0) is 38.5 Å². The number of carboxylic acid groups (broad SMARTS) is 1. The van der Waals surface area contributed by atoms with Crippen LogP contribution in [-0.2, 0) is 14.4 Å². The van der Waals surface area contributed by atoms with Crippen molar-refractivity contribution in [3.8, 4) is 0 Å². The van der Waals surface area contributed by atoms with Gasteiger partial charge in [0, 0.05) is 24.3 Å². The van der Waals surface area contributed by atoms with Gasteiger partial charge in [-0.15, -0.1) is 0 Å². The maximum Gasteiger partial charge on any atom is 0.330 e. The highest BCUT2D eigenvalue weighted by molar-refractivity contribution is 5.94. The molecule has 24 heavy (non-hydrogen) atoms. The first-order chi connectivity index (χ1) is 11.5. The number of amides is 2. The number of nitrogens with one attached hydrogen (secondary N) is 2. The number of carbonyl (C=O) groups is 3. The van der Waals surface area contributed by atoms with Gasteiger partial charge >= 0.3 is 5.97 Å². The van der Waals surface area contributed by atoms with Crippen molar-refractivity contribution in [3.63, 3.8) is 0 Å². The zero-order chi connectivity index (χ0) is 17.2. The minimum absolute atomic E-state index is 0.0580. The number of hydrogen-bond donors (Lipinski definition) is 3. The molecule has 6 nitrogen and oxygen atoms in total. The predicted molar refractivity (Wildman–Crippen MR) is 88.1 cm³/mol. The monoisotopic (exact) mass is 334 g/mol. The minimum atomic E-state index is -1.17. The van der Waals surface area contributed by atoms with Crippen LogP contribution in [0, 0.1) is 17.8 Å². The molecule has 0 bridgehead atoms. The zero-order valence-corrected chi connectivity index (χ0v) is 13.9. The summed E-state index contributed by atoms with van der Waals surface area (Å²) in [5.74, 6) is -2.19. The Morgan fingerprint density at radius 1 is 1.08 bits per heavy atom. The van der Waals surface area contributed by atoms with E-state index in [0.29, 0.717) is 25.8 Å². The van der Waals surface area contributed by atoms with E-state index in [1.165, 1.54) is 0 Å². The van der Waals surface area contributed by atoms with Gasteiger partial charge in [0.25, 0.3) is 0 Å². The lowest BCUT2D eigenvalue weighted by molar-refractivity contribution is -0.144. The van der Waals surface area contributed by atoms with E-state index in [1.54, 1.807) is 0 Å². The molecule has 2 saturated carbocycles. The lowest BCUT2D eigenvalue weighted by Gasteiger charge is -2.22. The van der Waals surface area contributed by atoms with Crippen molar-refractivity contribution in [3.05, 3.63) is 12.2 Å². The molecule has 4 atom stereocenters. The number of carboxylic acids is 1. The Balaban J connectivity index is 1.77. The second kappa shape index (κ2) is 6.95. The summed E-state index contributed by atoms with van der Waals surface area (Å²) in [6, 6.07) is 0. The van der Waals surface area contributed by atoms with Gasteiger partial charge in [0.2, 0.25) is 11.8 Å². The van der Waals surface area contributed by atoms with Crippen LogP contribution in [0.1, 0.15) is 51.4 Å². The molecule has 132 valence electrons. The number of carbonyl (C=O) groups excluding carboxylic acids is 2. The van der Waals surface area contributed by atoms with E-state index in [1.807, 2.05) is 12.2 Å². The van der Waals surface area contributed by atoms with Crippen molar-refractivity contribution in [2.75, 3.05) is 6.54 Å². The Kier molecular flexibility index (Phi) is 4.92. The molecule has 3 rings (SSSR count). The number of rotatable bonds is 1. The summed E-state index contributed by atoms with van der Waals surface area (Å²) in [5, 5.41) is 15.3. The summed E-state index contributed by atoms with van der Waals surface area (Å²) >= 11 is 0. The quantitative estimate of drug-likeness (QED) is 0.635. The highest BCUT2D eigenvalue weighted by atomic mass is 16.4. The minimum Gasteiger partial charge on any atom is -0.479 e. The van der Waals surface area contributed by atoms with Gasteiger partial charge in [-0.1, -0.05) is 25.0 Å². The molecule has 3 aliphatic rings. The van der Waals surface area contributed by atoms with Crippen LogP contribution in [0.3, 0.4) is 0 Å². The number of aliphatic carboxylic acids is 1. The number of allylic oxidation sites excluding steroid dienone is 1. The van der Waals surface area contributed by atoms with Gasteiger partial charge in [0.05, 0.1) is 0 Å². The molecule has 3 N–H and O–H groups in total. The average molecular weight is 334 g/mol. The molecule has 0 unspecified atom stereocenters. The van der Waals surface area contributed by atoms with Crippen LogP contribution >= 0.6 is 0 Å². The van der Waals surface area contributed by atoms with E-state index in [0.717, 1.165) is 32.1 Å². The Labute approximate surface area is 142 Å². The standard InChI is InChI=1S/C18H26N2O4/c21-15-13-8-6-9-14(13)16(22)20-18(17(23)24)11-12(18)7-4-2-1-3-5-10-19-15/h4,7,12-14H,1-3,5-6,8-11H2,(H,19,21)(H,20,22)(H,23,24)/b7-4-/t12-,13-,14-,18-/m1/s1. The topological polar surface area (TPSA) is 95.5 Å². The fourth-order valence-corrected chi connectivity index (χ4v) is 4.03. The fourth-order valence-electron chi connectivity index (χ4n) is 4.03.